The summed E-state index contributed by atoms with van der Waals surface area (Å²) in [6.07, 6.45) is -0.411. The van der Waals surface area contributed by atoms with E-state index in [0.29, 0.717) is 12.5 Å². The van der Waals surface area contributed by atoms with Crippen molar-refractivity contribution in [3.8, 4) is 0 Å². The normalized spacial score (nSPS) is 18.1. The highest BCUT2D eigenvalue weighted by molar-refractivity contribution is 7.89. The Hall–Kier alpha value is -2.22. The van der Waals surface area contributed by atoms with Crippen molar-refractivity contribution in [2.24, 2.45) is 0 Å². The fourth-order valence-corrected chi connectivity index (χ4v) is 4.01. The van der Waals surface area contributed by atoms with Gasteiger partial charge in [-0.25, -0.2) is 13.1 Å². The SMILES string of the molecule is CC(C)c1ccc(N2CC(CNS(=O)(=O)c3ccccc3)OCC2=O)cc1. The number of nitrogens with zero attached hydrogens (tertiary/aromatic N) is 1. The first-order valence-corrected chi connectivity index (χ1v) is 10.4. The van der Waals surface area contributed by atoms with E-state index < -0.39 is 16.1 Å². The Balaban J connectivity index is 1.66. The van der Waals surface area contributed by atoms with E-state index in [1.807, 2.05) is 24.3 Å². The Bertz CT molecular complexity index is 880. The minimum Gasteiger partial charge on any atom is -0.365 e. The molecule has 1 fully saturated rings. The molecule has 2 aromatic carbocycles. The second-order valence-corrected chi connectivity index (χ2v) is 8.62. The predicted octanol–water partition coefficient (Wildman–Crippen LogP) is 2.52. The van der Waals surface area contributed by atoms with Crippen molar-refractivity contribution in [1.29, 1.82) is 0 Å². The van der Waals surface area contributed by atoms with Gasteiger partial charge in [-0.3, -0.25) is 4.79 Å². The molecular weight excluding hydrogens is 364 g/mol. The maximum Gasteiger partial charge on any atom is 0.253 e. The average Bonchev–Trinajstić information content (AvgIpc) is 2.68. The fraction of sp³-hybridized carbons (Fsp3) is 0.350. The van der Waals surface area contributed by atoms with Crippen LogP contribution in [-0.2, 0) is 19.6 Å². The van der Waals surface area contributed by atoms with Crippen LogP contribution in [0.3, 0.4) is 0 Å². The lowest BCUT2D eigenvalue weighted by molar-refractivity contribution is -0.129. The summed E-state index contributed by atoms with van der Waals surface area (Å²) in [5.41, 5.74) is 2.00. The van der Waals surface area contributed by atoms with E-state index in [9.17, 15) is 13.2 Å². The van der Waals surface area contributed by atoms with E-state index in [4.69, 9.17) is 4.74 Å². The molecule has 27 heavy (non-hydrogen) atoms. The van der Waals surface area contributed by atoms with E-state index >= 15 is 0 Å². The van der Waals surface area contributed by atoms with Gasteiger partial charge in [0.05, 0.1) is 17.5 Å². The summed E-state index contributed by atoms with van der Waals surface area (Å²) >= 11 is 0. The minimum atomic E-state index is -3.60. The zero-order chi connectivity index (χ0) is 19.4. The van der Waals surface area contributed by atoms with Crippen molar-refractivity contribution in [1.82, 2.24) is 4.72 Å². The Labute approximate surface area is 160 Å². The monoisotopic (exact) mass is 388 g/mol. The lowest BCUT2D eigenvalue weighted by Crippen LogP contribution is -2.50. The molecule has 1 unspecified atom stereocenters. The topological polar surface area (TPSA) is 75.7 Å². The number of amides is 1. The predicted molar refractivity (Wildman–Crippen MR) is 104 cm³/mol. The smallest absolute Gasteiger partial charge is 0.253 e. The van der Waals surface area contributed by atoms with Gasteiger partial charge in [0, 0.05) is 12.2 Å². The first-order valence-electron chi connectivity index (χ1n) is 8.93. The van der Waals surface area contributed by atoms with E-state index in [1.165, 1.54) is 17.7 Å². The van der Waals surface area contributed by atoms with Crippen LogP contribution in [0.5, 0.6) is 0 Å². The lowest BCUT2D eigenvalue weighted by atomic mass is 10.0. The van der Waals surface area contributed by atoms with E-state index in [-0.39, 0.29) is 24.0 Å². The molecule has 1 atom stereocenters. The zero-order valence-corrected chi connectivity index (χ0v) is 16.3. The number of carbonyl (C=O) groups excluding carboxylic acids is 1. The Morgan fingerprint density at radius 2 is 1.78 bits per heavy atom. The number of ether oxygens (including phenoxy) is 1. The van der Waals surface area contributed by atoms with Gasteiger partial charge in [-0.2, -0.15) is 0 Å². The minimum absolute atomic E-state index is 0.0658. The quantitative estimate of drug-likeness (QED) is 0.825. The third kappa shape index (κ3) is 4.74. The summed E-state index contributed by atoms with van der Waals surface area (Å²) in [7, 11) is -3.60. The van der Waals surface area contributed by atoms with Crippen LogP contribution in [-0.4, -0.2) is 40.1 Å². The van der Waals surface area contributed by atoms with Crippen molar-refractivity contribution >= 4 is 21.6 Å². The zero-order valence-electron chi connectivity index (χ0n) is 15.5. The number of benzene rings is 2. The highest BCUT2D eigenvalue weighted by Crippen LogP contribution is 2.22. The molecule has 7 heteroatoms. The molecule has 144 valence electrons. The molecule has 1 saturated heterocycles. The number of morpholine rings is 1. The average molecular weight is 388 g/mol. The largest absolute Gasteiger partial charge is 0.365 e. The van der Waals surface area contributed by atoms with Crippen LogP contribution >= 0.6 is 0 Å². The van der Waals surface area contributed by atoms with Crippen molar-refractivity contribution < 1.29 is 17.9 Å². The van der Waals surface area contributed by atoms with Crippen LogP contribution in [0.15, 0.2) is 59.5 Å². The van der Waals surface area contributed by atoms with E-state index in [2.05, 4.69) is 18.6 Å². The lowest BCUT2D eigenvalue weighted by Gasteiger charge is -2.33. The number of carbonyl (C=O) groups is 1. The van der Waals surface area contributed by atoms with Crippen molar-refractivity contribution in [2.75, 3.05) is 24.6 Å². The molecule has 2 aromatic rings. The highest BCUT2D eigenvalue weighted by atomic mass is 32.2. The van der Waals surface area contributed by atoms with Gasteiger partial charge in [-0.05, 0) is 35.7 Å². The molecule has 1 heterocycles. The summed E-state index contributed by atoms with van der Waals surface area (Å²) in [6.45, 7) is 4.57. The molecule has 0 bridgehead atoms. The Morgan fingerprint density at radius 1 is 1.11 bits per heavy atom. The maximum atomic E-state index is 12.3. The van der Waals surface area contributed by atoms with Crippen LogP contribution < -0.4 is 9.62 Å². The van der Waals surface area contributed by atoms with Gasteiger partial charge in [0.25, 0.3) is 5.91 Å². The molecule has 0 aromatic heterocycles. The van der Waals surface area contributed by atoms with E-state index in [0.717, 1.165) is 5.69 Å². The third-order valence-electron chi connectivity index (χ3n) is 4.56. The molecule has 1 amide bonds. The molecule has 1 N–H and O–H groups in total. The van der Waals surface area contributed by atoms with Crippen LogP contribution in [0.25, 0.3) is 0 Å². The van der Waals surface area contributed by atoms with Gasteiger partial charge < -0.3 is 9.64 Å². The number of anilines is 1. The summed E-state index contributed by atoms with van der Waals surface area (Å²) in [6, 6.07) is 16.0. The third-order valence-corrected chi connectivity index (χ3v) is 6.00. The molecule has 1 aliphatic heterocycles. The summed E-state index contributed by atoms with van der Waals surface area (Å²) in [5, 5.41) is 0. The van der Waals surface area contributed by atoms with Gasteiger partial charge in [0.1, 0.15) is 6.61 Å². The molecule has 0 saturated carbocycles. The van der Waals surface area contributed by atoms with Gasteiger partial charge in [0.2, 0.25) is 10.0 Å². The van der Waals surface area contributed by atoms with Crippen molar-refractivity contribution in [3.05, 3.63) is 60.2 Å². The molecule has 6 nitrogen and oxygen atoms in total. The van der Waals surface area contributed by atoms with Gasteiger partial charge in [-0.1, -0.05) is 44.2 Å². The first-order chi connectivity index (χ1) is 12.9. The van der Waals surface area contributed by atoms with Gasteiger partial charge >= 0.3 is 0 Å². The second-order valence-electron chi connectivity index (χ2n) is 6.85. The van der Waals surface area contributed by atoms with E-state index in [1.54, 1.807) is 23.1 Å². The Kier molecular flexibility index (Phi) is 5.94. The molecular formula is C20H24N2O4S. The van der Waals surface area contributed by atoms with Crippen LogP contribution in [0, 0.1) is 0 Å². The molecule has 0 spiro atoms. The number of rotatable bonds is 6. The van der Waals surface area contributed by atoms with Crippen molar-refractivity contribution in [3.63, 3.8) is 0 Å². The van der Waals surface area contributed by atoms with Crippen LogP contribution in [0.1, 0.15) is 25.3 Å². The van der Waals surface area contributed by atoms with Crippen molar-refractivity contribution in [2.45, 2.75) is 30.8 Å². The standard InChI is InChI=1S/C20H24N2O4S/c1-15(2)16-8-10-17(11-9-16)22-13-18(26-14-20(22)23)12-21-27(24,25)19-6-4-3-5-7-19/h3-11,15,18,21H,12-14H2,1-2H3. The highest BCUT2D eigenvalue weighted by Gasteiger charge is 2.28. The molecule has 1 aliphatic rings. The Morgan fingerprint density at radius 3 is 2.41 bits per heavy atom. The number of hydrogen-bond donors (Lipinski definition) is 1. The molecule has 3 rings (SSSR count). The second kappa shape index (κ2) is 8.21. The number of sulfonamides is 1. The molecule has 0 aliphatic carbocycles. The summed E-state index contributed by atoms with van der Waals surface area (Å²) in [5.74, 6) is 0.286. The first kappa shape index (κ1) is 19.5. The summed E-state index contributed by atoms with van der Waals surface area (Å²) in [4.78, 5) is 14.1. The van der Waals surface area contributed by atoms with Crippen LogP contribution in [0.4, 0.5) is 5.69 Å². The summed E-state index contributed by atoms with van der Waals surface area (Å²) < 4.78 is 32.8. The van der Waals surface area contributed by atoms with Crippen LogP contribution in [0.2, 0.25) is 0 Å². The fourth-order valence-electron chi connectivity index (χ4n) is 2.92. The maximum absolute atomic E-state index is 12.3. The number of hydrogen-bond acceptors (Lipinski definition) is 4. The van der Waals surface area contributed by atoms with Gasteiger partial charge in [-0.15, -0.1) is 0 Å². The molecule has 0 radical (unpaired) electrons. The van der Waals surface area contributed by atoms with Gasteiger partial charge in [0.15, 0.2) is 0 Å². The number of nitrogens with one attached hydrogen (secondary N) is 1.